The summed E-state index contributed by atoms with van der Waals surface area (Å²) < 4.78 is 5.70. The zero-order chi connectivity index (χ0) is 30.5. The molecule has 1 aromatic heterocycles. The molecule has 226 valence electrons. The van der Waals surface area contributed by atoms with E-state index in [4.69, 9.17) is 4.42 Å². The maximum absolute atomic E-state index is 13.5. The van der Waals surface area contributed by atoms with Gasteiger partial charge in [0.05, 0.1) is 0 Å². The topological polar surface area (TPSA) is 64.3 Å². The van der Waals surface area contributed by atoms with Gasteiger partial charge in [-0.1, -0.05) is 75.9 Å². The van der Waals surface area contributed by atoms with E-state index in [1.165, 1.54) is 17.5 Å². The second-order valence-electron chi connectivity index (χ2n) is 12.1. The predicted molar refractivity (Wildman–Crippen MR) is 172 cm³/mol. The van der Waals surface area contributed by atoms with Gasteiger partial charge in [0.25, 0.3) is 0 Å². The molecule has 0 saturated carbocycles. The smallest absolute Gasteiger partial charge is 0.205 e. The van der Waals surface area contributed by atoms with Crippen molar-refractivity contribution < 1.29 is 18.8 Å². The fourth-order valence-electron chi connectivity index (χ4n) is 5.88. The van der Waals surface area contributed by atoms with Gasteiger partial charge in [0.2, 0.25) is 5.78 Å². The molecule has 0 aliphatic rings. The monoisotopic (exact) mass is 570 g/mol. The lowest BCUT2D eigenvalue weighted by Gasteiger charge is -2.22. The van der Waals surface area contributed by atoms with Crippen LogP contribution in [0, 0.1) is 19.8 Å². The molecule has 0 spiro atoms. The Morgan fingerprint density at radius 2 is 1.55 bits per heavy atom. The van der Waals surface area contributed by atoms with E-state index < -0.39 is 5.92 Å². The standard InChI is InChI=1S/C38H50O4/c1-6-7-16-31(17-13-19-32-18-12-11-14-27(32)2)25-33-22-23-34(36(40)20-10-8-9-15-28(3)39)26-35(33)30(5)38(41)37-24-21-29(4)42-37/h11-12,14,18,21-24,26,30-31H,6-10,13,15-17,19-20,25H2,1-5H3. The van der Waals surface area contributed by atoms with Crippen LogP contribution in [0.15, 0.2) is 59.0 Å². The van der Waals surface area contributed by atoms with Crippen LogP contribution in [0.4, 0.5) is 0 Å². The molecule has 0 radical (unpaired) electrons. The third-order valence-corrected chi connectivity index (χ3v) is 8.54. The van der Waals surface area contributed by atoms with Crippen molar-refractivity contribution in [2.75, 3.05) is 0 Å². The first kappa shape index (κ1) is 33.2. The molecule has 3 rings (SSSR count). The Kier molecular flexibility index (Phi) is 13.4. The number of Topliss-reactive ketones (excluding diaryl/α,β-unsaturated/α-hetero) is 3. The van der Waals surface area contributed by atoms with E-state index in [1.54, 1.807) is 13.0 Å². The Balaban J connectivity index is 1.80. The highest BCUT2D eigenvalue weighted by molar-refractivity contribution is 6.00. The Labute approximate surface area is 253 Å². The van der Waals surface area contributed by atoms with Gasteiger partial charge >= 0.3 is 0 Å². The number of hydrogen-bond acceptors (Lipinski definition) is 4. The van der Waals surface area contributed by atoms with Gasteiger partial charge in [0, 0.05) is 24.3 Å². The summed E-state index contributed by atoms with van der Waals surface area (Å²) in [6.45, 7) is 9.82. The molecule has 0 aliphatic heterocycles. The molecule has 0 fully saturated rings. The average molecular weight is 571 g/mol. The van der Waals surface area contributed by atoms with Gasteiger partial charge in [-0.05, 0) is 106 Å². The zero-order valence-corrected chi connectivity index (χ0v) is 26.5. The van der Waals surface area contributed by atoms with Crippen LogP contribution in [0.2, 0.25) is 0 Å². The number of carbonyl (C=O) groups is 3. The lowest BCUT2D eigenvalue weighted by atomic mass is 9.82. The first-order valence-corrected chi connectivity index (χ1v) is 16.0. The molecule has 4 nitrogen and oxygen atoms in total. The summed E-state index contributed by atoms with van der Waals surface area (Å²) in [4.78, 5) is 37.9. The van der Waals surface area contributed by atoms with Crippen LogP contribution in [-0.2, 0) is 17.6 Å². The molecule has 3 aromatic rings. The number of rotatable bonds is 19. The van der Waals surface area contributed by atoms with Gasteiger partial charge in [-0.25, -0.2) is 0 Å². The fourth-order valence-corrected chi connectivity index (χ4v) is 5.88. The molecular formula is C38H50O4. The number of unbranched alkanes of at least 4 members (excludes halogenated alkanes) is 3. The molecule has 0 bridgehead atoms. The first-order valence-electron chi connectivity index (χ1n) is 16.0. The minimum absolute atomic E-state index is 0.0529. The SMILES string of the molecule is CCCCC(CCCc1ccccc1C)Cc1ccc(C(=O)CCCCCC(C)=O)cc1C(C)C(=O)c1ccc(C)o1. The maximum Gasteiger partial charge on any atom is 0.205 e. The van der Waals surface area contributed by atoms with E-state index in [0.717, 1.165) is 68.9 Å². The fraction of sp³-hybridized carbons (Fsp3) is 0.500. The molecule has 0 amide bonds. The number of benzene rings is 2. The molecule has 2 atom stereocenters. The number of furan rings is 1. The van der Waals surface area contributed by atoms with Crippen LogP contribution in [0.25, 0.3) is 0 Å². The lowest BCUT2D eigenvalue weighted by molar-refractivity contribution is -0.117. The highest BCUT2D eigenvalue weighted by atomic mass is 16.3. The van der Waals surface area contributed by atoms with Gasteiger partial charge in [-0.3, -0.25) is 9.59 Å². The van der Waals surface area contributed by atoms with E-state index in [1.807, 2.05) is 32.0 Å². The summed E-state index contributed by atoms with van der Waals surface area (Å²) in [5.74, 6) is 1.43. The number of aryl methyl sites for hydroxylation is 3. The van der Waals surface area contributed by atoms with Crippen molar-refractivity contribution in [3.8, 4) is 0 Å². The normalized spacial score (nSPS) is 12.7. The van der Waals surface area contributed by atoms with E-state index in [-0.39, 0.29) is 17.3 Å². The quantitative estimate of drug-likeness (QED) is 0.106. The molecule has 2 unspecified atom stereocenters. The van der Waals surface area contributed by atoms with Gasteiger partial charge in [-0.15, -0.1) is 0 Å². The molecule has 0 aliphatic carbocycles. The average Bonchev–Trinajstić information content (AvgIpc) is 3.41. The molecule has 0 saturated heterocycles. The summed E-state index contributed by atoms with van der Waals surface area (Å²) in [5.41, 5.74) is 5.54. The van der Waals surface area contributed by atoms with Crippen LogP contribution < -0.4 is 0 Å². The third-order valence-electron chi connectivity index (χ3n) is 8.54. The van der Waals surface area contributed by atoms with Crippen LogP contribution in [-0.4, -0.2) is 17.3 Å². The third kappa shape index (κ3) is 10.2. The van der Waals surface area contributed by atoms with Crippen molar-refractivity contribution in [2.45, 2.75) is 118 Å². The Hall–Kier alpha value is -3.27. The molecule has 1 heterocycles. The zero-order valence-electron chi connectivity index (χ0n) is 26.5. The van der Waals surface area contributed by atoms with Crippen molar-refractivity contribution in [1.82, 2.24) is 0 Å². The van der Waals surface area contributed by atoms with Crippen molar-refractivity contribution in [2.24, 2.45) is 5.92 Å². The summed E-state index contributed by atoms with van der Waals surface area (Å²) in [6.07, 6.45) is 11.2. The van der Waals surface area contributed by atoms with Crippen LogP contribution >= 0.6 is 0 Å². The molecule has 2 aromatic carbocycles. The lowest BCUT2D eigenvalue weighted by Crippen LogP contribution is -2.15. The van der Waals surface area contributed by atoms with Crippen molar-refractivity contribution in [1.29, 1.82) is 0 Å². The predicted octanol–water partition coefficient (Wildman–Crippen LogP) is 9.98. The number of carbonyl (C=O) groups excluding carboxylic acids is 3. The van der Waals surface area contributed by atoms with Crippen LogP contribution in [0.5, 0.6) is 0 Å². The van der Waals surface area contributed by atoms with Crippen molar-refractivity contribution in [3.05, 3.63) is 93.9 Å². The first-order chi connectivity index (χ1) is 20.2. The highest BCUT2D eigenvalue weighted by Crippen LogP contribution is 2.31. The van der Waals surface area contributed by atoms with E-state index in [2.05, 4.69) is 44.2 Å². The van der Waals surface area contributed by atoms with Crippen LogP contribution in [0.3, 0.4) is 0 Å². The van der Waals surface area contributed by atoms with E-state index in [9.17, 15) is 14.4 Å². The van der Waals surface area contributed by atoms with Gasteiger partial charge in [-0.2, -0.15) is 0 Å². The summed E-state index contributed by atoms with van der Waals surface area (Å²) >= 11 is 0. The van der Waals surface area contributed by atoms with Crippen molar-refractivity contribution >= 4 is 17.3 Å². The van der Waals surface area contributed by atoms with Gasteiger partial charge in [0.1, 0.15) is 11.5 Å². The summed E-state index contributed by atoms with van der Waals surface area (Å²) in [6, 6.07) is 18.2. The number of hydrogen-bond donors (Lipinski definition) is 0. The van der Waals surface area contributed by atoms with Crippen molar-refractivity contribution in [3.63, 3.8) is 0 Å². The van der Waals surface area contributed by atoms with Gasteiger partial charge in [0.15, 0.2) is 11.5 Å². The Morgan fingerprint density at radius 3 is 2.24 bits per heavy atom. The Morgan fingerprint density at radius 1 is 0.810 bits per heavy atom. The molecular weight excluding hydrogens is 520 g/mol. The highest BCUT2D eigenvalue weighted by Gasteiger charge is 2.25. The second kappa shape index (κ2) is 17.0. The number of ketones is 3. The molecule has 42 heavy (non-hydrogen) atoms. The minimum Gasteiger partial charge on any atom is -0.458 e. The molecule has 4 heteroatoms. The maximum atomic E-state index is 13.5. The summed E-state index contributed by atoms with van der Waals surface area (Å²) in [7, 11) is 0. The summed E-state index contributed by atoms with van der Waals surface area (Å²) in [5, 5.41) is 0. The van der Waals surface area contributed by atoms with Gasteiger partial charge < -0.3 is 9.21 Å². The second-order valence-corrected chi connectivity index (χ2v) is 12.1. The minimum atomic E-state index is -0.410. The Bertz CT molecular complexity index is 1310. The largest absolute Gasteiger partial charge is 0.458 e. The molecule has 0 N–H and O–H groups in total. The van der Waals surface area contributed by atoms with Crippen LogP contribution in [0.1, 0.15) is 140 Å². The van der Waals surface area contributed by atoms with E-state index >= 15 is 0 Å². The van der Waals surface area contributed by atoms with E-state index in [0.29, 0.717) is 35.8 Å².